The molecular formula is C24H38N2O11. The van der Waals surface area contributed by atoms with Crippen LogP contribution in [0.3, 0.4) is 0 Å². The summed E-state index contributed by atoms with van der Waals surface area (Å²) in [6, 6.07) is 0. The Bertz CT molecular complexity index is 786. The number of rotatable bonds is 12. The van der Waals surface area contributed by atoms with E-state index >= 15 is 0 Å². The number of carboxylic acids is 1. The van der Waals surface area contributed by atoms with Gasteiger partial charge in [0, 0.05) is 43.9 Å². The maximum Gasteiger partial charge on any atom is 0.330 e. The number of ether oxygens (including phenoxy) is 3. The summed E-state index contributed by atoms with van der Waals surface area (Å²) in [6.07, 6.45) is 7.60. The molecule has 0 aromatic carbocycles. The van der Waals surface area contributed by atoms with Crippen LogP contribution in [0, 0.1) is 0 Å². The molecule has 0 spiro atoms. The average molecular weight is 531 g/mol. The molecule has 0 unspecified atom stereocenters. The van der Waals surface area contributed by atoms with Crippen molar-refractivity contribution in [3.8, 4) is 0 Å². The van der Waals surface area contributed by atoms with E-state index in [0.717, 1.165) is 18.2 Å². The molecule has 1 heterocycles. The van der Waals surface area contributed by atoms with Gasteiger partial charge < -0.3 is 35.3 Å². The number of carbonyl (C=O) groups excluding carboxylic acids is 4. The van der Waals surface area contributed by atoms with E-state index in [1.54, 1.807) is 19.9 Å². The van der Waals surface area contributed by atoms with Gasteiger partial charge in [-0.1, -0.05) is 0 Å². The molecule has 0 fully saturated rings. The number of aliphatic hydroxyl groups is 2. The van der Waals surface area contributed by atoms with Gasteiger partial charge >= 0.3 is 17.9 Å². The first-order valence-corrected chi connectivity index (χ1v) is 11.3. The standard InChI is InChI=1S/C9H14O4.C7H9NO2.C6H8O4.C2H7NO/c1-2-13-9(12)6-5-8(11)4-3-7-10;1-6(9)2-3-7-8-4-5-10-7;1-2-10-6(9)4-3-5(7)8;3-1-2-4/h5-6,10H,2-4,7H2,1H3;2-3H,4-5H2,1H3;3-4H,2H2,1H3,(H,7,8);4H,1-3H2/b6-5+;3-2+;4-3+;. The van der Waals surface area contributed by atoms with Crippen LogP contribution in [0.2, 0.25) is 0 Å². The van der Waals surface area contributed by atoms with Crippen LogP contribution in [0.4, 0.5) is 0 Å². The summed E-state index contributed by atoms with van der Waals surface area (Å²) in [6.45, 7) is 7.18. The third-order valence-corrected chi connectivity index (χ3v) is 3.12. The van der Waals surface area contributed by atoms with Gasteiger partial charge in [-0.3, -0.25) is 9.59 Å². The van der Waals surface area contributed by atoms with Crippen molar-refractivity contribution >= 4 is 35.4 Å². The highest BCUT2D eigenvalue weighted by atomic mass is 16.5. The summed E-state index contributed by atoms with van der Waals surface area (Å²) in [4.78, 5) is 56.2. The van der Waals surface area contributed by atoms with Gasteiger partial charge in [-0.15, -0.1) is 0 Å². The second-order valence-corrected chi connectivity index (χ2v) is 6.33. The summed E-state index contributed by atoms with van der Waals surface area (Å²) in [7, 11) is 0. The quantitative estimate of drug-likeness (QED) is 0.196. The predicted octanol–water partition coefficient (Wildman–Crippen LogP) is 0.135. The maximum atomic E-state index is 10.9. The molecule has 0 aromatic rings. The van der Waals surface area contributed by atoms with Crippen molar-refractivity contribution in [2.75, 3.05) is 46.1 Å². The first-order valence-electron chi connectivity index (χ1n) is 11.3. The van der Waals surface area contributed by atoms with Crippen LogP contribution < -0.4 is 5.73 Å². The van der Waals surface area contributed by atoms with Crippen LogP contribution in [0.1, 0.15) is 33.6 Å². The third-order valence-electron chi connectivity index (χ3n) is 3.12. The number of carboxylic acid groups (broad SMARTS) is 1. The number of ketones is 2. The van der Waals surface area contributed by atoms with E-state index in [9.17, 15) is 24.0 Å². The SMILES string of the molecule is CC(=O)/C=C/C1=NCCO1.CCOC(=O)/C=C/C(=O)CCCO.CCOC(=O)/C=C/C(=O)O.NCCO. The van der Waals surface area contributed by atoms with E-state index in [-0.39, 0.29) is 37.8 Å². The lowest BCUT2D eigenvalue weighted by Gasteiger charge is -1.94. The Balaban J connectivity index is -0.000000440. The van der Waals surface area contributed by atoms with Crippen LogP contribution in [0.5, 0.6) is 0 Å². The monoisotopic (exact) mass is 530 g/mol. The Morgan fingerprint density at radius 2 is 1.49 bits per heavy atom. The highest BCUT2D eigenvalue weighted by molar-refractivity contribution is 5.97. The van der Waals surface area contributed by atoms with Gasteiger partial charge in [0.1, 0.15) is 6.61 Å². The molecule has 1 rings (SSSR count). The molecule has 13 nitrogen and oxygen atoms in total. The number of aliphatic carboxylic acids is 1. The Morgan fingerprint density at radius 3 is 1.86 bits per heavy atom. The van der Waals surface area contributed by atoms with Crippen molar-refractivity contribution < 1.29 is 53.5 Å². The van der Waals surface area contributed by atoms with E-state index in [2.05, 4.69) is 14.5 Å². The first kappa shape index (κ1) is 37.9. The molecule has 0 aromatic heterocycles. The molecule has 0 bridgehead atoms. The highest BCUT2D eigenvalue weighted by Gasteiger charge is 2.01. The van der Waals surface area contributed by atoms with Crippen LogP contribution in [-0.2, 0) is 38.2 Å². The number of aliphatic hydroxyl groups excluding tert-OH is 2. The van der Waals surface area contributed by atoms with Crippen molar-refractivity contribution in [1.82, 2.24) is 0 Å². The van der Waals surface area contributed by atoms with E-state index in [1.165, 1.54) is 19.1 Å². The van der Waals surface area contributed by atoms with Gasteiger partial charge in [-0.25, -0.2) is 19.4 Å². The number of nitrogens with zero attached hydrogens (tertiary/aromatic N) is 1. The minimum atomic E-state index is -1.16. The zero-order chi connectivity index (χ0) is 28.9. The van der Waals surface area contributed by atoms with E-state index in [4.69, 9.17) is 25.8 Å². The molecule has 1 aliphatic rings. The smallest absolute Gasteiger partial charge is 0.330 e. The normalized spacial score (nSPS) is 11.7. The Morgan fingerprint density at radius 1 is 0.946 bits per heavy atom. The minimum absolute atomic E-state index is 0.0122. The number of nitrogens with two attached hydrogens (primary N) is 1. The number of hydrogen-bond donors (Lipinski definition) is 4. The van der Waals surface area contributed by atoms with E-state index < -0.39 is 17.9 Å². The van der Waals surface area contributed by atoms with Gasteiger partial charge in [0.25, 0.3) is 0 Å². The Kier molecular flexibility index (Phi) is 29.2. The summed E-state index contributed by atoms with van der Waals surface area (Å²) in [5, 5.41) is 24.2. The van der Waals surface area contributed by atoms with Crippen molar-refractivity contribution in [3.63, 3.8) is 0 Å². The molecule has 0 saturated heterocycles. The second kappa shape index (κ2) is 28.6. The van der Waals surface area contributed by atoms with Gasteiger partial charge in [-0.05, 0) is 39.3 Å². The lowest BCUT2D eigenvalue weighted by Crippen LogP contribution is -2.02. The van der Waals surface area contributed by atoms with Crippen LogP contribution in [0.25, 0.3) is 0 Å². The summed E-state index contributed by atoms with van der Waals surface area (Å²) in [5.41, 5.74) is 4.78. The molecule has 13 heteroatoms. The predicted molar refractivity (Wildman–Crippen MR) is 135 cm³/mol. The molecule has 0 atom stereocenters. The first-order chi connectivity index (χ1) is 17.6. The number of esters is 2. The Hall–Kier alpha value is -3.68. The van der Waals surface area contributed by atoms with Gasteiger partial charge in [-0.2, -0.15) is 0 Å². The third kappa shape index (κ3) is 34.6. The molecule has 5 N–H and O–H groups in total. The summed E-state index contributed by atoms with van der Waals surface area (Å²) < 4.78 is 14.0. The van der Waals surface area contributed by atoms with Gasteiger partial charge in [0.2, 0.25) is 5.90 Å². The molecule has 0 aliphatic carbocycles. The van der Waals surface area contributed by atoms with Crippen LogP contribution in [0.15, 0.2) is 41.4 Å². The van der Waals surface area contributed by atoms with E-state index in [1.807, 2.05) is 0 Å². The zero-order valence-electron chi connectivity index (χ0n) is 21.5. The number of carbonyl (C=O) groups is 5. The van der Waals surface area contributed by atoms with Crippen LogP contribution >= 0.6 is 0 Å². The molecule has 0 saturated carbocycles. The van der Waals surface area contributed by atoms with Crippen LogP contribution in [-0.4, -0.2) is 96.8 Å². The average Bonchev–Trinajstić information content (AvgIpc) is 3.39. The molecule has 1 aliphatic heterocycles. The highest BCUT2D eigenvalue weighted by Crippen LogP contribution is 1.95. The van der Waals surface area contributed by atoms with E-state index in [0.29, 0.717) is 38.6 Å². The maximum absolute atomic E-state index is 10.9. The fourth-order valence-electron chi connectivity index (χ4n) is 1.66. The van der Waals surface area contributed by atoms with Crippen molar-refractivity contribution in [1.29, 1.82) is 0 Å². The molecule has 0 amide bonds. The minimum Gasteiger partial charge on any atom is -0.478 e. The number of allylic oxidation sites excluding steroid dienone is 2. The van der Waals surface area contributed by atoms with Gasteiger partial charge in [0.05, 0.1) is 26.4 Å². The molecule has 37 heavy (non-hydrogen) atoms. The molecule has 210 valence electrons. The topological polar surface area (TPSA) is 212 Å². The molecular weight excluding hydrogens is 492 g/mol. The lowest BCUT2D eigenvalue weighted by molar-refractivity contribution is -0.138. The molecule has 0 radical (unpaired) electrons. The fraction of sp³-hybridized carbons (Fsp3) is 0.500. The Labute approximate surface area is 216 Å². The zero-order valence-corrected chi connectivity index (χ0v) is 21.5. The van der Waals surface area contributed by atoms with Crippen molar-refractivity contribution in [3.05, 3.63) is 36.5 Å². The lowest BCUT2D eigenvalue weighted by atomic mass is 10.2. The largest absolute Gasteiger partial charge is 0.478 e. The fourth-order valence-corrected chi connectivity index (χ4v) is 1.66. The second-order valence-electron chi connectivity index (χ2n) is 6.33. The summed E-state index contributed by atoms with van der Waals surface area (Å²) in [5.74, 6) is -1.91. The summed E-state index contributed by atoms with van der Waals surface area (Å²) >= 11 is 0. The number of aliphatic imine (C=N–C) groups is 1. The van der Waals surface area contributed by atoms with Crippen molar-refractivity contribution in [2.24, 2.45) is 10.7 Å². The number of hydrogen-bond acceptors (Lipinski definition) is 12. The van der Waals surface area contributed by atoms with Crippen molar-refractivity contribution in [2.45, 2.75) is 33.6 Å². The van der Waals surface area contributed by atoms with Gasteiger partial charge in [0.15, 0.2) is 11.6 Å².